The lowest BCUT2D eigenvalue weighted by atomic mass is 9.77. The molecule has 0 amide bonds. The van der Waals surface area contributed by atoms with Crippen LogP contribution in [0.1, 0.15) is 39.2 Å². The van der Waals surface area contributed by atoms with Gasteiger partial charge in [-0.3, -0.25) is 0 Å². The molecule has 3 heteroatoms. The zero-order valence-electron chi connectivity index (χ0n) is 11.1. The molecule has 0 saturated carbocycles. The van der Waals surface area contributed by atoms with E-state index in [0.717, 1.165) is 5.56 Å². The molecule has 0 fully saturated rings. The van der Waals surface area contributed by atoms with Crippen molar-refractivity contribution in [3.63, 3.8) is 0 Å². The fraction of sp³-hybridized carbons (Fsp3) is 0.571. The minimum atomic E-state index is -0.248. The van der Waals surface area contributed by atoms with E-state index in [0.29, 0.717) is 16.0 Å². The predicted molar refractivity (Wildman–Crippen MR) is 75.1 cm³/mol. The smallest absolute Gasteiger partial charge is 0.0693 e. The minimum absolute atomic E-state index is 0.248. The summed E-state index contributed by atoms with van der Waals surface area (Å²) in [5.41, 5.74) is 0.881. The molecule has 1 aromatic rings. The number of hydrogen-bond donors (Lipinski definition) is 0. The van der Waals surface area contributed by atoms with Crippen LogP contribution in [0.25, 0.3) is 0 Å². The summed E-state index contributed by atoms with van der Waals surface area (Å²) in [7, 11) is 1.74. The summed E-state index contributed by atoms with van der Waals surface area (Å²) >= 11 is 12.1. The number of ether oxygens (including phenoxy) is 1. The van der Waals surface area contributed by atoms with Crippen LogP contribution in [0.15, 0.2) is 18.2 Å². The Balaban J connectivity index is 3.23. The fourth-order valence-corrected chi connectivity index (χ4v) is 3.01. The Morgan fingerprint density at radius 3 is 1.88 bits per heavy atom. The van der Waals surface area contributed by atoms with Crippen LogP contribution < -0.4 is 0 Å². The molecule has 1 atom stereocenters. The molecule has 0 N–H and O–H groups in total. The maximum Gasteiger partial charge on any atom is 0.0693 e. The van der Waals surface area contributed by atoms with Crippen LogP contribution in [-0.4, -0.2) is 12.7 Å². The quantitative estimate of drug-likeness (QED) is 0.737. The van der Waals surface area contributed by atoms with Crippen LogP contribution >= 0.6 is 23.2 Å². The van der Waals surface area contributed by atoms with Crippen molar-refractivity contribution in [3.05, 3.63) is 33.8 Å². The first-order valence-electron chi connectivity index (χ1n) is 5.79. The van der Waals surface area contributed by atoms with Crippen LogP contribution in [0, 0.1) is 5.92 Å². The summed E-state index contributed by atoms with van der Waals surface area (Å²) < 4.78 is 5.61. The second kappa shape index (κ2) is 5.60. The van der Waals surface area contributed by atoms with Gasteiger partial charge in [-0.15, -0.1) is 0 Å². The molecule has 0 saturated heterocycles. The second-order valence-electron chi connectivity index (χ2n) is 5.23. The SMILES string of the molecule is COC(C)(C)[C@H](c1cc(Cl)cc(Cl)c1)C(C)C. The van der Waals surface area contributed by atoms with E-state index >= 15 is 0 Å². The van der Waals surface area contributed by atoms with Gasteiger partial charge in [-0.05, 0) is 43.5 Å². The first-order valence-corrected chi connectivity index (χ1v) is 6.54. The Labute approximate surface area is 114 Å². The Hall–Kier alpha value is -0.240. The molecule has 1 nitrogen and oxygen atoms in total. The van der Waals surface area contributed by atoms with E-state index in [2.05, 4.69) is 27.7 Å². The zero-order valence-corrected chi connectivity index (χ0v) is 12.6. The van der Waals surface area contributed by atoms with Crippen LogP contribution in [0.4, 0.5) is 0 Å². The summed E-state index contributed by atoms with van der Waals surface area (Å²) in [5.74, 6) is 0.697. The van der Waals surface area contributed by atoms with Gasteiger partial charge in [-0.1, -0.05) is 37.0 Å². The summed E-state index contributed by atoms with van der Waals surface area (Å²) in [4.78, 5) is 0. The van der Waals surface area contributed by atoms with Gasteiger partial charge >= 0.3 is 0 Å². The molecule has 0 spiro atoms. The van der Waals surface area contributed by atoms with Gasteiger partial charge in [0.2, 0.25) is 0 Å². The molecule has 0 aliphatic carbocycles. The molecule has 17 heavy (non-hydrogen) atoms. The molecule has 0 heterocycles. The highest BCUT2D eigenvalue weighted by atomic mass is 35.5. The number of halogens is 2. The molecule has 1 aromatic carbocycles. The van der Waals surface area contributed by atoms with E-state index in [-0.39, 0.29) is 11.5 Å². The molecule has 0 unspecified atom stereocenters. The van der Waals surface area contributed by atoms with Crippen molar-refractivity contribution in [1.82, 2.24) is 0 Å². The largest absolute Gasteiger partial charge is 0.378 e. The molecule has 0 aromatic heterocycles. The zero-order chi connectivity index (χ0) is 13.2. The third kappa shape index (κ3) is 3.61. The van der Waals surface area contributed by atoms with E-state index < -0.39 is 0 Å². The summed E-state index contributed by atoms with van der Waals surface area (Å²) in [6, 6.07) is 5.70. The van der Waals surface area contributed by atoms with Gasteiger partial charge in [0.1, 0.15) is 0 Å². The minimum Gasteiger partial charge on any atom is -0.378 e. The van der Waals surface area contributed by atoms with Crippen LogP contribution in [0.5, 0.6) is 0 Å². The maximum atomic E-state index is 6.07. The van der Waals surface area contributed by atoms with Gasteiger partial charge in [0.25, 0.3) is 0 Å². The van der Waals surface area contributed by atoms with Gasteiger partial charge in [0.05, 0.1) is 5.60 Å². The first kappa shape index (κ1) is 14.8. The Morgan fingerprint density at radius 2 is 1.53 bits per heavy atom. The Morgan fingerprint density at radius 1 is 1.06 bits per heavy atom. The van der Waals surface area contributed by atoms with Crippen LogP contribution in [0.3, 0.4) is 0 Å². The van der Waals surface area contributed by atoms with Crippen molar-refractivity contribution in [3.8, 4) is 0 Å². The van der Waals surface area contributed by atoms with Crippen molar-refractivity contribution < 1.29 is 4.74 Å². The maximum absolute atomic E-state index is 6.07. The van der Waals surface area contributed by atoms with Gasteiger partial charge < -0.3 is 4.74 Å². The van der Waals surface area contributed by atoms with Crippen LogP contribution in [0.2, 0.25) is 10.0 Å². The van der Waals surface area contributed by atoms with E-state index in [1.807, 2.05) is 12.1 Å². The Kier molecular flexibility index (Phi) is 4.88. The van der Waals surface area contributed by atoms with Crippen molar-refractivity contribution in [1.29, 1.82) is 0 Å². The third-order valence-electron chi connectivity index (χ3n) is 3.19. The number of methoxy groups -OCH3 is 1. The lowest BCUT2D eigenvalue weighted by Gasteiger charge is -2.36. The van der Waals surface area contributed by atoms with E-state index in [1.54, 1.807) is 13.2 Å². The van der Waals surface area contributed by atoms with Crippen molar-refractivity contribution in [2.24, 2.45) is 5.92 Å². The first-order chi connectivity index (χ1) is 7.77. The molecule has 0 bridgehead atoms. The van der Waals surface area contributed by atoms with Crippen molar-refractivity contribution in [2.45, 2.75) is 39.2 Å². The fourth-order valence-electron chi connectivity index (χ4n) is 2.47. The molecular formula is C14H20Cl2O. The highest BCUT2D eigenvalue weighted by molar-refractivity contribution is 6.34. The van der Waals surface area contributed by atoms with E-state index in [1.165, 1.54) is 0 Å². The van der Waals surface area contributed by atoms with Crippen molar-refractivity contribution >= 4 is 23.2 Å². The molecule has 1 rings (SSSR count). The second-order valence-corrected chi connectivity index (χ2v) is 6.10. The predicted octanol–water partition coefficient (Wildman–Crippen LogP) is 5.16. The van der Waals surface area contributed by atoms with Gasteiger partial charge in [-0.2, -0.15) is 0 Å². The van der Waals surface area contributed by atoms with E-state index in [9.17, 15) is 0 Å². The summed E-state index contributed by atoms with van der Waals surface area (Å²) in [5, 5.41) is 1.34. The van der Waals surface area contributed by atoms with Crippen LogP contribution in [-0.2, 0) is 4.74 Å². The number of benzene rings is 1. The molecule has 0 aliphatic rings. The average Bonchev–Trinajstić information content (AvgIpc) is 2.14. The van der Waals surface area contributed by atoms with Gasteiger partial charge in [0, 0.05) is 23.1 Å². The topological polar surface area (TPSA) is 9.23 Å². The van der Waals surface area contributed by atoms with Gasteiger partial charge in [0.15, 0.2) is 0 Å². The monoisotopic (exact) mass is 274 g/mol. The summed E-state index contributed by atoms with van der Waals surface area (Å²) in [6.07, 6.45) is 0. The normalized spacial score (nSPS) is 14.1. The summed E-state index contributed by atoms with van der Waals surface area (Å²) in [6.45, 7) is 8.54. The molecular weight excluding hydrogens is 255 g/mol. The third-order valence-corrected chi connectivity index (χ3v) is 3.62. The number of hydrogen-bond acceptors (Lipinski definition) is 1. The molecule has 96 valence electrons. The van der Waals surface area contributed by atoms with Gasteiger partial charge in [-0.25, -0.2) is 0 Å². The number of rotatable bonds is 4. The standard InChI is InChI=1S/C14H20Cl2O/c1-9(2)13(14(3,4)17-5)10-6-11(15)8-12(16)7-10/h6-9,13H,1-5H3/t13-/m0/s1. The molecule has 0 radical (unpaired) electrons. The van der Waals surface area contributed by atoms with E-state index in [4.69, 9.17) is 27.9 Å². The average molecular weight is 275 g/mol. The highest BCUT2D eigenvalue weighted by Gasteiger charge is 2.33. The Bertz CT molecular complexity index is 366. The molecule has 0 aliphatic heterocycles. The van der Waals surface area contributed by atoms with Crippen molar-refractivity contribution in [2.75, 3.05) is 7.11 Å². The lowest BCUT2D eigenvalue weighted by Crippen LogP contribution is -2.34. The lowest BCUT2D eigenvalue weighted by molar-refractivity contribution is -0.0140. The highest BCUT2D eigenvalue weighted by Crippen LogP contribution is 2.38.